The number of benzene rings is 1. The first-order valence-corrected chi connectivity index (χ1v) is 10.9. The predicted octanol–water partition coefficient (Wildman–Crippen LogP) is 4.57. The zero-order valence-corrected chi connectivity index (χ0v) is 19.3. The molecule has 0 atom stereocenters. The molecule has 0 unspecified atom stereocenters. The lowest BCUT2D eigenvalue weighted by Gasteiger charge is -2.08. The molecule has 0 aliphatic heterocycles. The Balaban J connectivity index is 1.30. The van der Waals surface area contributed by atoms with E-state index in [2.05, 4.69) is 30.1 Å². The van der Waals surface area contributed by atoms with E-state index < -0.39 is 6.36 Å². The van der Waals surface area contributed by atoms with E-state index in [0.717, 1.165) is 22.6 Å². The first-order valence-electron chi connectivity index (χ1n) is 10.9. The number of aromatic nitrogens is 7. The molecule has 4 aromatic heterocycles. The first-order chi connectivity index (χ1) is 17.2. The fourth-order valence-corrected chi connectivity index (χ4v) is 3.66. The largest absolute Gasteiger partial charge is 0.573 e. The van der Waals surface area contributed by atoms with E-state index in [1.165, 1.54) is 24.3 Å². The third kappa shape index (κ3) is 5.43. The SMILES string of the molecule is Cc1cc(-c2nc(-c3ccc(OC(F)(F)F)cc3)no2)nn1Cc1ccnc(Cc2ccn(C)n2)c1. The van der Waals surface area contributed by atoms with Crippen molar-refractivity contribution < 1.29 is 22.4 Å². The third-order valence-corrected chi connectivity index (χ3v) is 5.32. The number of rotatable bonds is 7. The van der Waals surface area contributed by atoms with Crippen LogP contribution in [0, 0.1) is 6.92 Å². The lowest BCUT2D eigenvalue weighted by Crippen LogP contribution is -2.16. The van der Waals surface area contributed by atoms with Crippen LogP contribution in [0.15, 0.2) is 65.4 Å². The average Bonchev–Trinajstić information content (AvgIpc) is 3.55. The van der Waals surface area contributed by atoms with Crippen molar-refractivity contribution in [2.45, 2.75) is 26.3 Å². The normalized spacial score (nSPS) is 11.7. The molecule has 0 aliphatic rings. The lowest BCUT2D eigenvalue weighted by molar-refractivity contribution is -0.274. The van der Waals surface area contributed by atoms with Crippen molar-refractivity contribution in [1.29, 1.82) is 0 Å². The fourth-order valence-electron chi connectivity index (χ4n) is 3.66. The molecule has 1 aromatic carbocycles. The molecule has 184 valence electrons. The van der Waals surface area contributed by atoms with Crippen LogP contribution in [-0.4, -0.2) is 41.0 Å². The molecule has 0 saturated heterocycles. The minimum Gasteiger partial charge on any atom is -0.406 e. The van der Waals surface area contributed by atoms with Gasteiger partial charge in [-0.1, -0.05) is 5.16 Å². The van der Waals surface area contributed by atoms with Crippen LogP contribution < -0.4 is 4.74 Å². The maximum atomic E-state index is 12.4. The van der Waals surface area contributed by atoms with Gasteiger partial charge in [-0.2, -0.15) is 15.2 Å². The molecule has 0 saturated carbocycles. The van der Waals surface area contributed by atoms with Crippen LogP contribution in [0.1, 0.15) is 22.6 Å². The van der Waals surface area contributed by atoms with Gasteiger partial charge in [0.2, 0.25) is 5.82 Å². The van der Waals surface area contributed by atoms with E-state index in [1.54, 1.807) is 10.9 Å². The Morgan fingerprint density at radius 3 is 2.53 bits per heavy atom. The Morgan fingerprint density at radius 1 is 1.00 bits per heavy atom. The summed E-state index contributed by atoms with van der Waals surface area (Å²) >= 11 is 0. The second-order valence-electron chi connectivity index (χ2n) is 8.14. The summed E-state index contributed by atoms with van der Waals surface area (Å²) in [4.78, 5) is 8.78. The van der Waals surface area contributed by atoms with Crippen LogP contribution in [-0.2, 0) is 20.0 Å². The number of hydrogen-bond donors (Lipinski definition) is 0. The van der Waals surface area contributed by atoms with Crippen LogP contribution in [0.25, 0.3) is 23.0 Å². The van der Waals surface area contributed by atoms with E-state index in [-0.39, 0.29) is 17.5 Å². The van der Waals surface area contributed by atoms with Gasteiger partial charge in [0.25, 0.3) is 5.89 Å². The van der Waals surface area contributed by atoms with E-state index in [1.807, 2.05) is 49.1 Å². The molecule has 5 aromatic rings. The summed E-state index contributed by atoms with van der Waals surface area (Å²) in [5.41, 5.74) is 4.74. The number of alkyl halides is 3. The minimum absolute atomic E-state index is 0.202. The Labute approximate surface area is 203 Å². The van der Waals surface area contributed by atoms with Crippen molar-refractivity contribution in [3.63, 3.8) is 0 Å². The van der Waals surface area contributed by atoms with Gasteiger partial charge in [-0.3, -0.25) is 14.3 Å². The topological polar surface area (TPSA) is 96.7 Å². The molecule has 4 heterocycles. The summed E-state index contributed by atoms with van der Waals surface area (Å²) in [5, 5.41) is 12.9. The summed E-state index contributed by atoms with van der Waals surface area (Å²) in [5.74, 6) is 0.0979. The highest BCUT2D eigenvalue weighted by Gasteiger charge is 2.31. The van der Waals surface area contributed by atoms with Crippen molar-refractivity contribution in [2.24, 2.45) is 7.05 Å². The quantitative estimate of drug-likeness (QED) is 0.326. The van der Waals surface area contributed by atoms with E-state index in [4.69, 9.17) is 4.52 Å². The van der Waals surface area contributed by atoms with Gasteiger partial charge in [0.15, 0.2) is 5.69 Å². The molecule has 0 amide bonds. The van der Waals surface area contributed by atoms with Crippen LogP contribution in [0.3, 0.4) is 0 Å². The maximum Gasteiger partial charge on any atom is 0.573 e. The second-order valence-corrected chi connectivity index (χ2v) is 8.14. The Morgan fingerprint density at radius 2 is 1.81 bits per heavy atom. The number of hydrogen-bond acceptors (Lipinski definition) is 7. The van der Waals surface area contributed by atoms with Crippen molar-refractivity contribution in [3.8, 4) is 28.7 Å². The van der Waals surface area contributed by atoms with Gasteiger partial charge in [-0.15, -0.1) is 13.2 Å². The predicted molar refractivity (Wildman–Crippen MR) is 122 cm³/mol. The molecule has 36 heavy (non-hydrogen) atoms. The zero-order chi connectivity index (χ0) is 25.3. The van der Waals surface area contributed by atoms with E-state index >= 15 is 0 Å². The molecule has 0 aliphatic carbocycles. The molecule has 0 bridgehead atoms. The Bertz CT molecular complexity index is 1490. The molecular weight excluding hydrogens is 475 g/mol. The van der Waals surface area contributed by atoms with Gasteiger partial charge < -0.3 is 9.26 Å². The van der Waals surface area contributed by atoms with Crippen molar-refractivity contribution in [2.75, 3.05) is 0 Å². The van der Waals surface area contributed by atoms with E-state index in [0.29, 0.717) is 24.2 Å². The number of halogens is 3. The van der Waals surface area contributed by atoms with Crippen LogP contribution in [0.2, 0.25) is 0 Å². The molecular formula is C24H20F3N7O2. The second kappa shape index (κ2) is 9.29. The summed E-state index contributed by atoms with van der Waals surface area (Å²) in [6.45, 7) is 2.44. The van der Waals surface area contributed by atoms with Gasteiger partial charge in [-0.05, 0) is 61.0 Å². The monoisotopic (exact) mass is 495 g/mol. The third-order valence-electron chi connectivity index (χ3n) is 5.32. The number of aryl methyl sites for hydroxylation is 2. The van der Waals surface area contributed by atoms with Crippen LogP contribution >= 0.6 is 0 Å². The average molecular weight is 495 g/mol. The van der Waals surface area contributed by atoms with Gasteiger partial charge in [0.05, 0.1) is 12.2 Å². The van der Waals surface area contributed by atoms with Gasteiger partial charge in [-0.25, -0.2) is 0 Å². The fraction of sp³-hybridized carbons (Fsp3) is 0.208. The molecule has 12 heteroatoms. The van der Waals surface area contributed by atoms with Crippen molar-refractivity contribution in [3.05, 3.63) is 83.6 Å². The van der Waals surface area contributed by atoms with E-state index in [9.17, 15) is 13.2 Å². The van der Waals surface area contributed by atoms with Crippen molar-refractivity contribution in [1.82, 2.24) is 34.7 Å². The molecule has 0 radical (unpaired) electrons. The summed E-state index contributed by atoms with van der Waals surface area (Å²) in [7, 11) is 1.88. The van der Waals surface area contributed by atoms with Gasteiger partial charge >= 0.3 is 6.36 Å². The highest BCUT2D eigenvalue weighted by atomic mass is 19.4. The zero-order valence-electron chi connectivity index (χ0n) is 19.3. The van der Waals surface area contributed by atoms with Crippen LogP contribution in [0.5, 0.6) is 5.75 Å². The molecule has 9 nitrogen and oxygen atoms in total. The molecule has 0 fully saturated rings. The van der Waals surface area contributed by atoms with Crippen molar-refractivity contribution >= 4 is 0 Å². The highest BCUT2D eigenvalue weighted by molar-refractivity contribution is 5.58. The van der Waals surface area contributed by atoms with Crippen LogP contribution in [0.4, 0.5) is 13.2 Å². The maximum absolute atomic E-state index is 12.4. The summed E-state index contributed by atoms with van der Waals surface area (Å²) < 4.78 is 49.9. The number of ether oxygens (including phenoxy) is 1. The Kier molecular flexibility index (Phi) is 6.00. The number of nitrogens with zero attached hydrogens (tertiary/aromatic N) is 7. The molecule has 0 N–H and O–H groups in total. The Hall–Kier alpha value is -4.48. The highest BCUT2D eigenvalue weighted by Crippen LogP contribution is 2.27. The molecule has 0 spiro atoms. The standard InChI is InChI=1S/C24H20F3N7O2/c1-15-11-21(23-29-22(32-36-23)17-3-5-20(6-4-17)35-24(25,26)27)31-34(15)14-16-7-9-28-19(12-16)13-18-8-10-33(2)30-18/h3-12H,13-14H2,1-2H3. The molecule has 5 rings (SSSR count). The summed E-state index contributed by atoms with van der Waals surface area (Å²) in [6, 6.07) is 13.0. The smallest absolute Gasteiger partial charge is 0.406 e. The van der Waals surface area contributed by atoms with Gasteiger partial charge in [0, 0.05) is 42.8 Å². The first kappa shape index (κ1) is 23.3. The van der Waals surface area contributed by atoms with Gasteiger partial charge in [0.1, 0.15) is 5.75 Å². The number of pyridine rings is 1. The minimum atomic E-state index is -4.76. The lowest BCUT2D eigenvalue weighted by atomic mass is 10.1. The summed E-state index contributed by atoms with van der Waals surface area (Å²) in [6.07, 6.45) is -0.461.